The number of hydrogen-bond acceptors (Lipinski definition) is 4. The van der Waals surface area contributed by atoms with Crippen molar-refractivity contribution in [2.45, 2.75) is 78.6 Å². The van der Waals surface area contributed by atoms with Gasteiger partial charge in [0.25, 0.3) is 0 Å². The summed E-state index contributed by atoms with van der Waals surface area (Å²) in [5, 5.41) is 2.60. The number of rotatable bonds is 4. The van der Waals surface area contributed by atoms with Crippen LogP contribution < -0.4 is 5.32 Å². The Morgan fingerprint density at radius 3 is 2.07 bits per heavy atom. The number of aryl methyl sites for hydroxylation is 1. The van der Waals surface area contributed by atoms with Crippen LogP contribution in [-0.2, 0) is 14.3 Å². The van der Waals surface area contributed by atoms with Crippen LogP contribution in [0.25, 0.3) is 0 Å². The number of ether oxygens (including phenoxy) is 2. The molecular formula is C22H31NO4. The topological polar surface area (TPSA) is 64.6 Å². The van der Waals surface area contributed by atoms with Gasteiger partial charge in [0.1, 0.15) is 17.2 Å². The predicted octanol–water partition coefficient (Wildman–Crippen LogP) is 4.36. The van der Waals surface area contributed by atoms with Gasteiger partial charge in [0.05, 0.1) is 0 Å². The maximum absolute atomic E-state index is 12.4. The second kappa shape index (κ2) is 9.45. The van der Waals surface area contributed by atoms with Crippen LogP contribution in [0.5, 0.6) is 0 Å². The van der Waals surface area contributed by atoms with Crippen LogP contribution in [0.4, 0.5) is 4.79 Å². The summed E-state index contributed by atoms with van der Waals surface area (Å²) in [7, 11) is 0. The Bertz CT molecular complexity index is 697. The Hall–Kier alpha value is -2.48. The minimum atomic E-state index is -0.814. The molecule has 1 atom stereocenters. The zero-order chi connectivity index (χ0) is 20.7. The average Bonchev–Trinajstić information content (AvgIpc) is 2.48. The maximum Gasteiger partial charge on any atom is 0.408 e. The lowest BCUT2D eigenvalue weighted by Crippen LogP contribution is -2.46. The summed E-state index contributed by atoms with van der Waals surface area (Å²) in [6.07, 6.45) is 0.130. The van der Waals surface area contributed by atoms with Gasteiger partial charge in [-0.3, -0.25) is 0 Å². The fourth-order valence-corrected chi connectivity index (χ4v) is 2.09. The van der Waals surface area contributed by atoms with E-state index in [1.165, 1.54) is 5.56 Å². The smallest absolute Gasteiger partial charge is 0.408 e. The summed E-state index contributed by atoms with van der Waals surface area (Å²) in [6, 6.07) is 7.08. The van der Waals surface area contributed by atoms with E-state index < -0.39 is 29.3 Å². The summed E-state index contributed by atoms with van der Waals surface area (Å²) in [6.45, 7) is 12.7. The van der Waals surface area contributed by atoms with Gasteiger partial charge in [-0.2, -0.15) is 0 Å². The van der Waals surface area contributed by atoms with Crippen molar-refractivity contribution in [3.63, 3.8) is 0 Å². The number of alkyl carbamates (subject to hydrolysis) is 1. The van der Waals surface area contributed by atoms with E-state index in [9.17, 15) is 9.59 Å². The lowest BCUT2D eigenvalue weighted by atomic mass is 10.1. The minimum Gasteiger partial charge on any atom is -0.458 e. The van der Waals surface area contributed by atoms with Gasteiger partial charge in [0.2, 0.25) is 0 Å². The predicted molar refractivity (Wildman–Crippen MR) is 106 cm³/mol. The van der Waals surface area contributed by atoms with Gasteiger partial charge < -0.3 is 14.8 Å². The molecule has 0 radical (unpaired) electrons. The molecule has 148 valence electrons. The molecule has 0 spiro atoms. The Kier molecular flexibility index (Phi) is 7.90. The molecule has 0 aliphatic rings. The molecule has 1 N–H and O–H groups in total. The molecule has 0 bridgehead atoms. The highest BCUT2D eigenvalue weighted by Gasteiger charge is 2.28. The van der Waals surface area contributed by atoms with Crippen molar-refractivity contribution in [3.8, 4) is 11.8 Å². The van der Waals surface area contributed by atoms with Crippen molar-refractivity contribution in [3.05, 3.63) is 35.4 Å². The molecule has 5 nitrogen and oxygen atoms in total. The van der Waals surface area contributed by atoms with Crippen molar-refractivity contribution in [1.29, 1.82) is 0 Å². The Morgan fingerprint density at radius 1 is 1.00 bits per heavy atom. The number of carbonyl (C=O) groups is 2. The molecule has 0 heterocycles. The molecule has 0 aliphatic carbocycles. The van der Waals surface area contributed by atoms with Gasteiger partial charge in [-0.15, -0.1) is 0 Å². The highest BCUT2D eigenvalue weighted by molar-refractivity contribution is 5.81. The number of amides is 1. The van der Waals surface area contributed by atoms with E-state index in [0.29, 0.717) is 12.8 Å². The second-order valence-corrected chi connectivity index (χ2v) is 8.44. The van der Waals surface area contributed by atoms with Gasteiger partial charge in [0.15, 0.2) is 0 Å². The zero-order valence-corrected chi connectivity index (χ0v) is 17.4. The van der Waals surface area contributed by atoms with Crippen LogP contribution in [0.2, 0.25) is 0 Å². The third kappa shape index (κ3) is 10.3. The maximum atomic E-state index is 12.4. The van der Waals surface area contributed by atoms with Gasteiger partial charge in [-0.05, 0) is 67.0 Å². The van der Waals surface area contributed by atoms with E-state index in [2.05, 4.69) is 17.2 Å². The van der Waals surface area contributed by atoms with Crippen molar-refractivity contribution >= 4 is 12.1 Å². The first-order chi connectivity index (χ1) is 12.4. The summed E-state index contributed by atoms with van der Waals surface area (Å²) in [5.74, 6) is 5.61. The summed E-state index contributed by atoms with van der Waals surface area (Å²) >= 11 is 0. The zero-order valence-electron chi connectivity index (χ0n) is 17.4. The summed E-state index contributed by atoms with van der Waals surface area (Å²) in [4.78, 5) is 24.5. The lowest BCUT2D eigenvalue weighted by molar-refractivity contribution is -0.157. The van der Waals surface area contributed by atoms with E-state index in [4.69, 9.17) is 9.47 Å². The highest BCUT2D eigenvalue weighted by Crippen LogP contribution is 2.12. The van der Waals surface area contributed by atoms with Gasteiger partial charge in [-0.1, -0.05) is 29.5 Å². The molecule has 0 unspecified atom stereocenters. The van der Waals surface area contributed by atoms with Crippen molar-refractivity contribution in [2.75, 3.05) is 0 Å². The highest BCUT2D eigenvalue weighted by atomic mass is 16.6. The molecule has 0 saturated heterocycles. The van der Waals surface area contributed by atoms with E-state index in [-0.39, 0.29) is 0 Å². The monoisotopic (exact) mass is 373 g/mol. The molecule has 1 rings (SSSR count). The Balaban J connectivity index is 2.74. The minimum absolute atomic E-state index is 0.340. The number of hydrogen-bond donors (Lipinski definition) is 1. The van der Waals surface area contributed by atoms with Crippen LogP contribution >= 0.6 is 0 Å². The lowest BCUT2D eigenvalue weighted by Gasteiger charge is -2.26. The van der Waals surface area contributed by atoms with Gasteiger partial charge in [-0.25, -0.2) is 9.59 Å². The standard InChI is InChI=1S/C22H31NO4/c1-16-12-14-17(15-13-16)10-8-9-11-18(19(24)26-21(2,3)4)23-20(25)27-22(5,6)7/h12-15,18H,9,11H2,1-7H3,(H,23,25)/t18-/m0/s1. The van der Waals surface area contributed by atoms with Crippen LogP contribution in [0.1, 0.15) is 65.5 Å². The third-order valence-corrected chi connectivity index (χ3v) is 3.22. The molecule has 5 heteroatoms. The van der Waals surface area contributed by atoms with Crippen LogP contribution in [0, 0.1) is 18.8 Å². The molecule has 1 amide bonds. The first kappa shape index (κ1) is 22.6. The van der Waals surface area contributed by atoms with Gasteiger partial charge in [0, 0.05) is 12.0 Å². The first-order valence-electron chi connectivity index (χ1n) is 9.14. The SMILES string of the molecule is Cc1ccc(C#CCC[C@H](NC(=O)OC(C)(C)C)C(=O)OC(C)(C)C)cc1. The molecule has 1 aromatic rings. The number of nitrogens with one attached hydrogen (secondary N) is 1. The number of carbonyl (C=O) groups excluding carboxylic acids is 2. The summed E-state index contributed by atoms with van der Waals surface area (Å²) < 4.78 is 10.6. The van der Waals surface area contributed by atoms with Crippen LogP contribution in [-0.4, -0.2) is 29.3 Å². The van der Waals surface area contributed by atoms with E-state index >= 15 is 0 Å². The number of esters is 1. The molecule has 1 aromatic carbocycles. The summed E-state index contributed by atoms with van der Waals surface area (Å²) in [5.41, 5.74) is 0.799. The number of benzene rings is 1. The molecular weight excluding hydrogens is 342 g/mol. The molecule has 0 aromatic heterocycles. The Morgan fingerprint density at radius 2 is 1.56 bits per heavy atom. The van der Waals surface area contributed by atoms with Crippen molar-refractivity contribution in [1.82, 2.24) is 5.32 Å². The molecule has 0 fully saturated rings. The quantitative estimate of drug-likeness (QED) is 0.629. The van der Waals surface area contributed by atoms with Crippen molar-refractivity contribution in [2.24, 2.45) is 0 Å². The van der Waals surface area contributed by atoms with Crippen LogP contribution in [0.3, 0.4) is 0 Å². The average molecular weight is 373 g/mol. The second-order valence-electron chi connectivity index (χ2n) is 8.44. The van der Waals surface area contributed by atoms with Gasteiger partial charge >= 0.3 is 12.1 Å². The molecule has 0 saturated carbocycles. The van der Waals surface area contributed by atoms with Crippen molar-refractivity contribution < 1.29 is 19.1 Å². The van der Waals surface area contributed by atoms with E-state index in [0.717, 1.165) is 5.56 Å². The normalized spacial score (nSPS) is 12.4. The fourth-order valence-electron chi connectivity index (χ4n) is 2.09. The third-order valence-electron chi connectivity index (χ3n) is 3.22. The largest absolute Gasteiger partial charge is 0.458 e. The Labute approximate surface area is 162 Å². The van der Waals surface area contributed by atoms with E-state index in [1.807, 2.05) is 31.2 Å². The van der Waals surface area contributed by atoms with Crippen LogP contribution in [0.15, 0.2) is 24.3 Å². The van der Waals surface area contributed by atoms with E-state index in [1.54, 1.807) is 41.5 Å². The fraction of sp³-hybridized carbons (Fsp3) is 0.545. The molecule has 27 heavy (non-hydrogen) atoms. The first-order valence-corrected chi connectivity index (χ1v) is 9.14. The molecule has 0 aliphatic heterocycles.